The molecule has 86 valence electrons. The Hall–Kier alpha value is -1.64. The second kappa shape index (κ2) is 5.13. The number of aromatic nitrogens is 2. The first kappa shape index (κ1) is 11.8. The molecule has 2 rings (SSSR count). The van der Waals surface area contributed by atoms with Crippen molar-refractivity contribution < 1.29 is 9.15 Å². The molecule has 0 fully saturated rings. The molecule has 0 aliphatic heterocycles. The predicted molar refractivity (Wildman–Crippen MR) is 66.3 cm³/mol. The van der Waals surface area contributed by atoms with E-state index < -0.39 is 0 Å². The van der Waals surface area contributed by atoms with E-state index in [4.69, 9.17) is 27.2 Å². The molecule has 0 spiro atoms. The lowest BCUT2D eigenvalue weighted by molar-refractivity contribution is 0.370. The number of halogens is 1. The number of nitrogens with zero attached hydrogens (tertiary/aromatic N) is 2. The molecule has 1 aromatic heterocycles. The first-order chi connectivity index (χ1) is 8.22. The lowest BCUT2D eigenvalue weighted by atomic mass is 10.2. The van der Waals surface area contributed by atoms with Crippen molar-refractivity contribution in [1.29, 1.82) is 0 Å². The van der Waals surface area contributed by atoms with E-state index in [1.807, 2.05) is 0 Å². The molecule has 0 unspecified atom stereocenters. The van der Waals surface area contributed by atoms with Crippen molar-refractivity contribution in [3.8, 4) is 29.5 Å². The molecule has 0 aliphatic rings. The van der Waals surface area contributed by atoms with E-state index in [0.717, 1.165) is 0 Å². The third-order valence-corrected chi connectivity index (χ3v) is 2.49. The van der Waals surface area contributed by atoms with Crippen LogP contribution in [-0.2, 0) is 0 Å². The van der Waals surface area contributed by atoms with Gasteiger partial charge in [0.2, 0.25) is 5.89 Å². The third-order valence-electron chi connectivity index (χ3n) is 1.92. The maximum Gasteiger partial charge on any atom is 0.273 e. The summed E-state index contributed by atoms with van der Waals surface area (Å²) in [7, 11) is 0. The Morgan fingerprint density at radius 1 is 1.47 bits per heavy atom. The van der Waals surface area contributed by atoms with Crippen LogP contribution in [0.4, 0.5) is 0 Å². The number of hydrogen-bond donors (Lipinski definition) is 1. The molecule has 0 saturated carbocycles. The van der Waals surface area contributed by atoms with Crippen molar-refractivity contribution in [3.63, 3.8) is 0 Å². The number of thiol groups is 1. The zero-order valence-electron chi connectivity index (χ0n) is 8.55. The van der Waals surface area contributed by atoms with Crippen LogP contribution in [0, 0.1) is 12.3 Å². The SMILES string of the molecule is C#CCOc1cccc(-c2nnc(S)o2)c1Cl. The second-order valence-electron chi connectivity index (χ2n) is 3.00. The van der Waals surface area contributed by atoms with Crippen molar-refractivity contribution in [1.82, 2.24) is 10.2 Å². The Balaban J connectivity index is 2.39. The van der Waals surface area contributed by atoms with Gasteiger partial charge in [0.05, 0.1) is 10.6 Å². The molecule has 0 aliphatic carbocycles. The van der Waals surface area contributed by atoms with Crippen LogP contribution in [-0.4, -0.2) is 16.8 Å². The number of rotatable bonds is 3. The Kier molecular flexibility index (Phi) is 3.57. The summed E-state index contributed by atoms with van der Waals surface area (Å²) in [5.41, 5.74) is 0.578. The van der Waals surface area contributed by atoms with Crippen molar-refractivity contribution in [2.45, 2.75) is 5.22 Å². The molecule has 6 heteroatoms. The van der Waals surface area contributed by atoms with Crippen molar-refractivity contribution in [2.75, 3.05) is 6.61 Å². The highest BCUT2D eigenvalue weighted by molar-refractivity contribution is 7.80. The highest BCUT2D eigenvalue weighted by atomic mass is 35.5. The molecule has 0 saturated heterocycles. The molecule has 0 atom stereocenters. The lowest BCUT2D eigenvalue weighted by Crippen LogP contribution is -1.94. The fraction of sp³-hybridized carbons (Fsp3) is 0.0909. The van der Waals surface area contributed by atoms with Gasteiger partial charge in [-0.05, 0) is 12.1 Å². The van der Waals surface area contributed by atoms with Crippen LogP contribution in [0.25, 0.3) is 11.5 Å². The molecule has 0 bridgehead atoms. The molecule has 17 heavy (non-hydrogen) atoms. The van der Waals surface area contributed by atoms with Gasteiger partial charge < -0.3 is 9.15 Å². The van der Waals surface area contributed by atoms with E-state index in [-0.39, 0.29) is 17.7 Å². The quantitative estimate of drug-likeness (QED) is 0.685. The van der Waals surface area contributed by atoms with Gasteiger partial charge in [0, 0.05) is 0 Å². The average Bonchev–Trinajstić information content (AvgIpc) is 2.74. The van der Waals surface area contributed by atoms with Crippen LogP contribution < -0.4 is 4.74 Å². The fourth-order valence-corrected chi connectivity index (χ4v) is 1.62. The van der Waals surface area contributed by atoms with E-state index >= 15 is 0 Å². The molecule has 0 radical (unpaired) electrons. The Morgan fingerprint density at radius 3 is 2.94 bits per heavy atom. The van der Waals surface area contributed by atoms with E-state index in [1.54, 1.807) is 18.2 Å². The van der Waals surface area contributed by atoms with Crippen molar-refractivity contribution in [3.05, 3.63) is 23.2 Å². The topological polar surface area (TPSA) is 48.2 Å². The zero-order valence-corrected chi connectivity index (χ0v) is 10.2. The lowest BCUT2D eigenvalue weighted by Gasteiger charge is -2.06. The molecular formula is C11H7ClN2O2S. The maximum absolute atomic E-state index is 6.14. The molecule has 1 heterocycles. The van der Waals surface area contributed by atoms with Gasteiger partial charge in [-0.1, -0.05) is 36.2 Å². The molecular weight excluding hydrogens is 260 g/mol. The van der Waals surface area contributed by atoms with Crippen LogP contribution in [0.3, 0.4) is 0 Å². The van der Waals surface area contributed by atoms with Gasteiger partial charge in [-0.3, -0.25) is 0 Å². The highest BCUT2D eigenvalue weighted by Crippen LogP contribution is 2.34. The van der Waals surface area contributed by atoms with Crippen LogP contribution in [0.2, 0.25) is 5.02 Å². The largest absolute Gasteiger partial charge is 0.479 e. The minimum atomic E-state index is 0.144. The van der Waals surface area contributed by atoms with Crippen LogP contribution in [0.1, 0.15) is 0 Å². The van der Waals surface area contributed by atoms with Crippen molar-refractivity contribution in [2.24, 2.45) is 0 Å². The first-order valence-corrected chi connectivity index (χ1v) is 5.42. The van der Waals surface area contributed by atoms with E-state index in [0.29, 0.717) is 16.3 Å². The summed E-state index contributed by atoms with van der Waals surface area (Å²) in [5.74, 6) is 3.12. The molecule has 1 aromatic carbocycles. The summed E-state index contributed by atoms with van der Waals surface area (Å²) < 4.78 is 10.4. The molecule has 0 N–H and O–H groups in total. The monoisotopic (exact) mass is 266 g/mol. The van der Waals surface area contributed by atoms with Gasteiger partial charge in [0.1, 0.15) is 12.4 Å². The summed E-state index contributed by atoms with van der Waals surface area (Å²) in [4.78, 5) is 0. The van der Waals surface area contributed by atoms with Gasteiger partial charge in [0.25, 0.3) is 5.22 Å². The molecule has 2 aromatic rings. The maximum atomic E-state index is 6.14. The fourth-order valence-electron chi connectivity index (χ4n) is 1.23. The summed E-state index contributed by atoms with van der Waals surface area (Å²) in [6.45, 7) is 0.144. The predicted octanol–water partition coefficient (Wildman–Crippen LogP) is 2.69. The van der Waals surface area contributed by atoms with Crippen LogP contribution >= 0.6 is 24.2 Å². The van der Waals surface area contributed by atoms with Gasteiger partial charge >= 0.3 is 0 Å². The standard InChI is InChI=1S/C11H7ClN2O2S/c1-2-6-15-8-5-3-4-7(9(8)12)10-13-14-11(17)16-10/h1,3-5H,6H2,(H,14,17). The highest BCUT2D eigenvalue weighted by Gasteiger charge is 2.14. The zero-order chi connectivity index (χ0) is 12.3. The smallest absolute Gasteiger partial charge is 0.273 e. The Morgan fingerprint density at radius 2 is 2.29 bits per heavy atom. The molecule has 0 amide bonds. The summed E-state index contributed by atoms with van der Waals surface area (Å²) >= 11 is 10.1. The van der Waals surface area contributed by atoms with Crippen molar-refractivity contribution >= 4 is 24.2 Å². The number of hydrogen-bond acceptors (Lipinski definition) is 5. The first-order valence-electron chi connectivity index (χ1n) is 4.60. The minimum Gasteiger partial charge on any atom is -0.479 e. The summed E-state index contributed by atoms with van der Waals surface area (Å²) in [5, 5.41) is 7.98. The van der Waals surface area contributed by atoms with Gasteiger partial charge in [-0.15, -0.1) is 16.6 Å². The number of terminal acetylenes is 1. The third kappa shape index (κ3) is 2.54. The normalized spacial score (nSPS) is 9.94. The van der Waals surface area contributed by atoms with E-state index in [1.165, 1.54) is 0 Å². The summed E-state index contributed by atoms with van der Waals surface area (Å²) in [6.07, 6.45) is 5.11. The number of benzene rings is 1. The Bertz CT molecular complexity index is 577. The van der Waals surface area contributed by atoms with Crippen LogP contribution in [0.15, 0.2) is 27.8 Å². The van der Waals surface area contributed by atoms with E-state index in [9.17, 15) is 0 Å². The Labute approximate surface area is 108 Å². The number of ether oxygens (including phenoxy) is 1. The van der Waals surface area contributed by atoms with Gasteiger partial charge in [-0.2, -0.15) is 0 Å². The van der Waals surface area contributed by atoms with Crippen LogP contribution in [0.5, 0.6) is 5.75 Å². The average molecular weight is 267 g/mol. The van der Waals surface area contributed by atoms with Gasteiger partial charge in [0.15, 0.2) is 0 Å². The van der Waals surface area contributed by atoms with E-state index in [2.05, 4.69) is 28.7 Å². The summed E-state index contributed by atoms with van der Waals surface area (Å²) in [6, 6.07) is 5.21. The molecule has 4 nitrogen and oxygen atoms in total. The minimum absolute atomic E-state index is 0.144. The second-order valence-corrected chi connectivity index (χ2v) is 3.76. The van der Waals surface area contributed by atoms with Gasteiger partial charge in [-0.25, -0.2) is 0 Å².